The third-order valence-electron chi connectivity index (χ3n) is 4.71. The van der Waals surface area contributed by atoms with E-state index in [-0.39, 0.29) is 6.10 Å². The van der Waals surface area contributed by atoms with Gasteiger partial charge in [0.1, 0.15) is 0 Å². The lowest BCUT2D eigenvalue weighted by Gasteiger charge is -2.46. The summed E-state index contributed by atoms with van der Waals surface area (Å²) >= 11 is 0. The maximum Gasteiger partial charge on any atom is 0.0700 e. The summed E-state index contributed by atoms with van der Waals surface area (Å²) in [4.78, 5) is 2.59. The minimum absolute atomic E-state index is 0.130. The Morgan fingerprint density at radius 3 is 2.39 bits per heavy atom. The van der Waals surface area contributed by atoms with Crippen molar-refractivity contribution < 1.29 is 5.11 Å². The zero-order valence-electron chi connectivity index (χ0n) is 13.0. The van der Waals surface area contributed by atoms with E-state index in [0.29, 0.717) is 23.9 Å². The molecule has 0 aromatic carbocycles. The Bertz CT molecular complexity index is 219. The van der Waals surface area contributed by atoms with Crippen LogP contribution in [0.4, 0.5) is 0 Å². The second kappa shape index (κ2) is 7.49. The Morgan fingerprint density at radius 2 is 1.89 bits per heavy atom. The van der Waals surface area contributed by atoms with E-state index in [1.54, 1.807) is 0 Å². The maximum atomic E-state index is 10.5. The molecule has 18 heavy (non-hydrogen) atoms. The topological polar surface area (TPSA) is 23.5 Å². The molecule has 1 N–H and O–H groups in total. The van der Waals surface area contributed by atoms with Crippen LogP contribution in [0.1, 0.15) is 66.7 Å². The van der Waals surface area contributed by atoms with Crippen molar-refractivity contribution in [2.75, 3.05) is 6.54 Å². The quantitative estimate of drug-likeness (QED) is 0.782. The molecule has 5 atom stereocenters. The average molecular weight is 255 g/mol. The molecule has 1 rings (SSSR count). The number of aliphatic hydroxyl groups is 1. The zero-order chi connectivity index (χ0) is 13.7. The fourth-order valence-corrected chi connectivity index (χ4v) is 3.59. The Kier molecular flexibility index (Phi) is 6.65. The van der Waals surface area contributed by atoms with Crippen molar-refractivity contribution in [3.63, 3.8) is 0 Å². The molecule has 0 aromatic rings. The van der Waals surface area contributed by atoms with Crippen molar-refractivity contribution >= 4 is 0 Å². The molecule has 0 saturated heterocycles. The highest BCUT2D eigenvalue weighted by Crippen LogP contribution is 2.33. The van der Waals surface area contributed by atoms with Gasteiger partial charge in [-0.15, -0.1) is 0 Å². The number of unbranched alkanes of at least 4 members (excludes halogenated alkanes) is 1. The molecule has 0 amide bonds. The highest BCUT2D eigenvalue weighted by molar-refractivity contribution is 4.91. The molecule has 1 aliphatic carbocycles. The monoisotopic (exact) mass is 255 g/mol. The summed E-state index contributed by atoms with van der Waals surface area (Å²) in [6.45, 7) is 12.6. The zero-order valence-corrected chi connectivity index (χ0v) is 13.0. The molecule has 2 nitrogen and oxygen atoms in total. The van der Waals surface area contributed by atoms with Crippen molar-refractivity contribution in [2.45, 2.75) is 84.9 Å². The summed E-state index contributed by atoms with van der Waals surface area (Å²) in [7, 11) is 0. The lowest BCUT2D eigenvalue weighted by molar-refractivity contribution is -0.0404. The van der Waals surface area contributed by atoms with E-state index in [0.717, 1.165) is 13.0 Å². The minimum Gasteiger partial charge on any atom is -0.391 e. The lowest BCUT2D eigenvalue weighted by atomic mass is 9.76. The van der Waals surface area contributed by atoms with E-state index in [1.807, 2.05) is 0 Å². The van der Waals surface area contributed by atoms with Crippen LogP contribution in [0.5, 0.6) is 0 Å². The van der Waals surface area contributed by atoms with Crippen molar-refractivity contribution in [3.05, 3.63) is 0 Å². The Hall–Kier alpha value is -0.0800. The summed E-state index contributed by atoms with van der Waals surface area (Å²) in [5.74, 6) is 1.30. The lowest BCUT2D eigenvalue weighted by Crippen LogP contribution is -2.54. The van der Waals surface area contributed by atoms with Gasteiger partial charge in [0.15, 0.2) is 0 Å². The first kappa shape index (κ1) is 16.0. The smallest absolute Gasteiger partial charge is 0.0700 e. The standard InChI is InChI=1S/C16H33NO/c1-6-8-9-17(14(5)7-2)16-13(4)10-12(3)11-15(16)18/h12-16,18H,6-11H2,1-5H3. The average Bonchev–Trinajstić information content (AvgIpc) is 2.31. The van der Waals surface area contributed by atoms with Crippen molar-refractivity contribution in [1.82, 2.24) is 4.90 Å². The van der Waals surface area contributed by atoms with Gasteiger partial charge in [-0.3, -0.25) is 4.90 Å². The maximum absolute atomic E-state index is 10.5. The third-order valence-corrected chi connectivity index (χ3v) is 4.71. The molecule has 1 aliphatic rings. The van der Waals surface area contributed by atoms with Crippen molar-refractivity contribution in [2.24, 2.45) is 11.8 Å². The van der Waals surface area contributed by atoms with Crippen LogP contribution in [0.15, 0.2) is 0 Å². The van der Waals surface area contributed by atoms with Crippen LogP contribution in [0.2, 0.25) is 0 Å². The van der Waals surface area contributed by atoms with E-state index in [2.05, 4.69) is 39.5 Å². The summed E-state index contributed by atoms with van der Waals surface area (Å²) in [6, 6.07) is 0.967. The van der Waals surface area contributed by atoms with Crippen LogP contribution in [-0.4, -0.2) is 34.7 Å². The van der Waals surface area contributed by atoms with Crippen LogP contribution in [-0.2, 0) is 0 Å². The molecular formula is C16H33NO. The van der Waals surface area contributed by atoms with E-state index in [4.69, 9.17) is 0 Å². The Morgan fingerprint density at radius 1 is 1.22 bits per heavy atom. The van der Waals surface area contributed by atoms with Gasteiger partial charge < -0.3 is 5.11 Å². The molecule has 0 aliphatic heterocycles. The number of nitrogens with zero attached hydrogens (tertiary/aromatic N) is 1. The number of rotatable bonds is 6. The van der Waals surface area contributed by atoms with Gasteiger partial charge >= 0.3 is 0 Å². The van der Waals surface area contributed by atoms with Crippen LogP contribution in [0.25, 0.3) is 0 Å². The third kappa shape index (κ3) is 3.96. The summed E-state index contributed by atoms with van der Waals surface area (Å²) in [5, 5.41) is 10.5. The van der Waals surface area contributed by atoms with Crippen LogP contribution in [0.3, 0.4) is 0 Å². The number of hydrogen-bond donors (Lipinski definition) is 1. The molecule has 0 radical (unpaired) electrons. The second-order valence-electron chi connectivity index (χ2n) is 6.46. The SMILES string of the molecule is CCCCN(C(C)CC)C1C(C)CC(C)CC1O. The van der Waals surface area contributed by atoms with Crippen LogP contribution < -0.4 is 0 Å². The van der Waals surface area contributed by atoms with Crippen molar-refractivity contribution in [1.29, 1.82) is 0 Å². The molecule has 5 unspecified atom stereocenters. The second-order valence-corrected chi connectivity index (χ2v) is 6.46. The van der Waals surface area contributed by atoms with E-state index < -0.39 is 0 Å². The highest BCUT2D eigenvalue weighted by atomic mass is 16.3. The van der Waals surface area contributed by atoms with Gasteiger partial charge in [-0.2, -0.15) is 0 Å². The van der Waals surface area contributed by atoms with Gasteiger partial charge in [0.05, 0.1) is 6.10 Å². The molecule has 0 bridgehead atoms. The first-order chi connectivity index (χ1) is 8.51. The number of aliphatic hydroxyl groups excluding tert-OH is 1. The molecular weight excluding hydrogens is 222 g/mol. The van der Waals surface area contributed by atoms with Gasteiger partial charge in [0.2, 0.25) is 0 Å². The van der Waals surface area contributed by atoms with Gasteiger partial charge in [-0.1, -0.05) is 34.1 Å². The van der Waals surface area contributed by atoms with E-state index in [9.17, 15) is 5.11 Å². The normalized spacial score (nSPS) is 34.8. The Labute approximate surface area is 114 Å². The van der Waals surface area contributed by atoms with Gasteiger partial charge in [-0.05, 0) is 51.0 Å². The summed E-state index contributed by atoms with van der Waals surface area (Å²) < 4.78 is 0. The first-order valence-corrected chi connectivity index (χ1v) is 7.94. The van der Waals surface area contributed by atoms with Crippen LogP contribution >= 0.6 is 0 Å². The van der Waals surface area contributed by atoms with Crippen molar-refractivity contribution in [3.8, 4) is 0 Å². The minimum atomic E-state index is -0.130. The number of hydrogen-bond acceptors (Lipinski definition) is 2. The van der Waals surface area contributed by atoms with Gasteiger partial charge in [0.25, 0.3) is 0 Å². The fraction of sp³-hybridized carbons (Fsp3) is 1.00. The first-order valence-electron chi connectivity index (χ1n) is 7.94. The fourth-order valence-electron chi connectivity index (χ4n) is 3.59. The van der Waals surface area contributed by atoms with Crippen LogP contribution in [0, 0.1) is 11.8 Å². The predicted molar refractivity (Wildman–Crippen MR) is 78.7 cm³/mol. The Balaban J connectivity index is 2.75. The van der Waals surface area contributed by atoms with E-state index >= 15 is 0 Å². The molecule has 2 heteroatoms. The summed E-state index contributed by atoms with van der Waals surface area (Å²) in [5.41, 5.74) is 0. The largest absolute Gasteiger partial charge is 0.391 e. The molecule has 1 fully saturated rings. The molecule has 0 aromatic heterocycles. The van der Waals surface area contributed by atoms with Gasteiger partial charge in [0, 0.05) is 12.1 Å². The predicted octanol–water partition coefficient (Wildman–Crippen LogP) is 3.68. The molecule has 1 saturated carbocycles. The highest BCUT2D eigenvalue weighted by Gasteiger charge is 2.37. The molecule has 0 spiro atoms. The van der Waals surface area contributed by atoms with Gasteiger partial charge in [-0.25, -0.2) is 0 Å². The summed E-state index contributed by atoms with van der Waals surface area (Å²) in [6.07, 6.45) is 5.77. The molecule has 0 heterocycles. The van der Waals surface area contributed by atoms with E-state index in [1.165, 1.54) is 25.7 Å². The molecule has 108 valence electrons.